The Hall–Kier alpha value is -1.66. The van der Waals surface area contributed by atoms with Gasteiger partial charge in [-0.1, -0.05) is 11.6 Å². The molecule has 0 unspecified atom stereocenters. The summed E-state index contributed by atoms with van der Waals surface area (Å²) in [7, 11) is 0. The van der Waals surface area contributed by atoms with Gasteiger partial charge >= 0.3 is 5.97 Å². The van der Waals surface area contributed by atoms with Gasteiger partial charge in [-0.2, -0.15) is 0 Å². The average Bonchev–Trinajstić information content (AvgIpc) is 2.36. The van der Waals surface area contributed by atoms with Gasteiger partial charge in [0.05, 0.1) is 9.50 Å². The first kappa shape index (κ1) is 13.8. The maximum absolute atomic E-state index is 13.4. The number of ether oxygens (including phenoxy) is 1. The Morgan fingerprint density at radius 3 is 2.89 bits per heavy atom. The van der Waals surface area contributed by atoms with Gasteiger partial charge in [0.1, 0.15) is 17.1 Å². The number of rotatable bonds is 3. The number of hydrogen-bond donors (Lipinski definition) is 1. The molecule has 0 aliphatic heterocycles. The van der Waals surface area contributed by atoms with Crippen molar-refractivity contribution in [2.75, 3.05) is 0 Å². The van der Waals surface area contributed by atoms with Crippen molar-refractivity contribution >= 4 is 33.5 Å². The first-order valence-electron chi connectivity index (χ1n) is 4.99. The van der Waals surface area contributed by atoms with E-state index in [0.29, 0.717) is 4.47 Å². The first-order valence-corrected chi connectivity index (χ1v) is 6.17. The lowest BCUT2D eigenvalue weighted by Crippen LogP contribution is -2.01. The number of carboxylic acids is 1. The molecule has 0 aliphatic carbocycles. The molecule has 2 rings (SSSR count). The minimum Gasteiger partial charge on any atom is -0.477 e. The number of benzene rings is 1. The molecule has 0 aliphatic rings. The predicted octanol–water partition coefficient (Wildman–Crippen LogP) is 4.13. The van der Waals surface area contributed by atoms with Crippen molar-refractivity contribution in [2.24, 2.45) is 0 Å². The van der Waals surface area contributed by atoms with Gasteiger partial charge in [-0.3, -0.25) is 0 Å². The van der Waals surface area contributed by atoms with Crippen LogP contribution in [0, 0.1) is 5.82 Å². The monoisotopic (exact) mass is 345 g/mol. The number of halogens is 3. The second-order valence-electron chi connectivity index (χ2n) is 3.46. The summed E-state index contributed by atoms with van der Waals surface area (Å²) < 4.78 is 19.0. The third-order valence-electron chi connectivity index (χ3n) is 2.18. The van der Waals surface area contributed by atoms with Gasteiger partial charge in [0, 0.05) is 12.3 Å². The summed E-state index contributed by atoms with van der Waals surface area (Å²) in [6.45, 7) is 0. The molecule has 0 amide bonds. The average molecular weight is 347 g/mol. The molecule has 1 heterocycles. The second-order valence-corrected chi connectivity index (χ2v) is 4.72. The normalized spacial score (nSPS) is 10.3. The van der Waals surface area contributed by atoms with Gasteiger partial charge in [-0.25, -0.2) is 14.2 Å². The quantitative estimate of drug-likeness (QED) is 0.849. The van der Waals surface area contributed by atoms with Gasteiger partial charge in [0.2, 0.25) is 5.88 Å². The first-order chi connectivity index (χ1) is 8.99. The Kier molecular flexibility index (Phi) is 4.01. The van der Waals surface area contributed by atoms with E-state index in [4.69, 9.17) is 21.4 Å². The van der Waals surface area contributed by atoms with E-state index in [1.165, 1.54) is 24.4 Å². The fourth-order valence-electron chi connectivity index (χ4n) is 1.32. The molecule has 0 spiro atoms. The number of hydrogen-bond acceptors (Lipinski definition) is 3. The highest BCUT2D eigenvalue weighted by Gasteiger charge is 2.15. The van der Waals surface area contributed by atoms with Crippen molar-refractivity contribution in [2.45, 2.75) is 0 Å². The van der Waals surface area contributed by atoms with Gasteiger partial charge in [0.15, 0.2) is 0 Å². The van der Waals surface area contributed by atoms with E-state index in [2.05, 4.69) is 20.9 Å². The van der Waals surface area contributed by atoms with Crippen LogP contribution in [-0.2, 0) is 0 Å². The molecule has 0 radical (unpaired) electrons. The summed E-state index contributed by atoms with van der Waals surface area (Å²) in [5.41, 5.74) is -0.121. The van der Waals surface area contributed by atoms with Crippen LogP contribution >= 0.6 is 27.5 Å². The van der Waals surface area contributed by atoms with Crippen LogP contribution in [0.4, 0.5) is 4.39 Å². The summed E-state index contributed by atoms with van der Waals surface area (Å²) >= 11 is 8.75. The van der Waals surface area contributed by atoms with Crippen molar-refractivity contribution in [3.63, 3.8) is 0 Å². The van der Waals surface area contributed by atoms with Crippen molar-refractivity contribution < 1.29 is 19.0 Å². The highest BCUT2D eigenvalue weighted by molar-refractivity contribution is 9.10. The molecule has 0 bridgehead atoms. The van der Waals surface area contributed by atoms with E-state index >= 15 is 0 Å². The largest absolute Gasteiger partial charge is 0.477 e. The summed E-state index contributed by atoms with van der Waals surface area (Å²) in [6.07, 6.45) is 1.38. The standard InChI is InChI=1S/C12H6BrClFNO3/c13-7-4-8(14)9(15)5-10(7)19-11-6(12(17)18)2-1-3-16-11/h1-5H,(H,17,18). The molecule has 0 fully saturated rings. The fourth-order valence-corrected chi connectivity index (χ4v) is 2.04. The maximum Gasteiger partial charge on any atom is 0.341 e. The van der Waals surface area contributed by atoms with Crippen molar-refractivity contribution in [1.29, 1.82) is 0 Å². The van der Waals surface area contributed by atoms with Crippen molar-refractivity contribution in [3.05, 3.63) is 51.3 Å². The van der Waals surface area contributed by atoms with E-state index < -0.39 is 11.8 Å². The van der Waals surface area contributed by atoms with Gasteiger partial charge in [0.25, 0.3) is 0 Å². The molecule has 1 aromatic heterocycles. The Morgan fingerprint density at radius 2 is 2.21 bits per heavy atom. The minimum atomic E-state index is -1.19. The minimum absolute atomic E-state index is 0.0706. The molecule has 1 N–H and O–H groups in total. The number of aromatic carboxylic acids is 1. The molecular formula is C12H6BrClFNO3. The number of pyridine rings is 1. The lowest BCUT2D eigenvalue weighted by atomic mass is 10.3. The molecule has 0 atom stereocenters. The van der Waals surface area contributed by atoms with Crippen LogP contribution in [0.15, 0.2) is 34.9 Å². The van der Waals surface area contributed by atoms with Crippen molar-refractivity contribution in [1.82, 2.24) is 4.98 Å². The van der Waals surface area contributed by atoms with Crippen molar-refractivity contribution in [3.8, 4) is 11.6 Å². The summed E-state index contributed by atoms with van der Waals surface area (Å²) in [5.74, 6) is -1.90. The van der Waals surface area contributed by atoms with Gasteiger partial charge in [-0.05, 0) is 34.1 Å². The van der Waals surface area contributed by atoms with E-state index in [1.54, 1.807) is 0 Å². The maximum atomic E-state index is 13.4. The molecular weight excluding hydrogens is 340 g/mol. The molecule has 98 valence electrons. The third kappa shape index (κ3) is 3.02. The smallest absolute Gasteiger partial charge is 0.341 e. The van der Waals surface area contributed by atoms with Crippen LogP contribution in [0.3, 0.4) is 0 Å². The Bertz CT molecular complexity index is 651. The lowest BCUT2D eigenvalue weighted by molar-refractivity contribution is 0.0693. The number of carboxylic acid groups (broad SMARTS) is 1. The lowest BCUT2D eigenvalue weighted by Gasteiger charge is -2.09. The third-order valence-corrected chi connectivity index (χ3v) is 3.09. The van der Waals surface area contributed by atoms with Crippen LogP contribution in [0.1, 0.15) is 10.4 Å². The molecule has 19 heavy (non-hydrogen) atoms. The van der Waals surface area contributed by atoms with E-state index in [1.807, 2.05) is 0 Å². The van der Waals surface area contributed by atoms with Crippen LogP contribution in [0.25, 0.3) is 0 Å². The summed E-state index contributed by atoms with van der Waals surface area (Å²) in [6, 6.07) is 5.17. The van der Waals surface area contributed by atoms with Crippen LogP contribution in [0.2, 0.25) is 5.02 Å². The Labute approximate surface area is 120 Å². The highest BCUT2D eigenvalue weighted by atomic mass is 79.9. The molecule has 0 saturated heterocycles. The summed E-state index contributed by atoms with van der Waals surface area (Å²) in [5, 5.41) is 8.91. The number of nitrogens with zero attached hydrogens (tertiary/aromatic N) is 1. The molecule has 4 nitrogen and oxygen atoms in total. The molecule has 7 heteroatoms. The molecule has 1 aromatic carbocycles. The van der Waals surface area contributed by atoms with Gasteiger partial charge in [-0.15, -0.1) is 0 Å². The number of aromatic nitrogens is 1. The SMILES string of the molecule is O=C(O)c1cccnc1Oc1cc(F)c(Cl)cc1Br. The van der Waals surface area contributed by atoms with Gasteiger partial charge < -0.3 is 9.84 Å². The van der Waals surface area contributed by atoms with Crippen LogP contribution in [-0.4, -0.2) is 16.1 Å². The summed E-state index contributed by atoms with van der Waals surface area (Å²) in [4.78, 5) is 14.8. The predicted molar refractivity (Wildman–Crippen MR) is 70.4 cm³/mol. The zero-order valence-corrected chi connectivity index (χ0v) is 11.6. The molecule has 2 aromatic rings. The van der Waals surface area contributed by atoms with E-state index in [9.17, 15) is 9.18 Å². The second kappa shape index (κ2) is 5.54. The zero-order chi connectivity index (χ0) is 14.0. The fraction of sp³-hybridized carbons (Fsp3) is 0. The topological polar surface area (TPSA) is 59.4 Å². The zero-order valence-electron chi connectivity index (χ0n) is 9.23. The highest BCUT2D eigenvalue weighted by Crippen LogP contribution is 2.34. The Morgan fingerprint density at radius 1 is 1.47 bits per heavy atom. The van der Waals surface area contributed by atoms with E-state index in [0.717, 1.165) is 6.07 Å². The Balaban J connectivity index is 2.42. The molecule has 0 saturated carbocycles. The number of carbonyl (C=O) groups is 1. The van der Waals surface area contributed by atoms with E-state index in [-0.39, 0.29) is 22.2 Å². The van der Waals surface area contributed by atoms with Crippen LogP contribution < -0.4 is 4.74 Å². The van der Waals surface area contributed by atoms with Crippen LogP contribution in [0.5, 0.6) is 11.6 Å².